The van der Waals surface area contributed by atoms with Gasteiger partial charge in [-0.15, -0.1) is 0 Å². The van der Waals surface area contributed by atoms with Gasteiger partial charge in [0.25, 0.3) is 0 Å². The molecule has 2 heterocycles. The second-order valence-electron chi connectivity index (χ2n) is 7.61. The zero-order valence-electron chi connectivity index (χ0n) is 17.7. The highest BCUT2D eigenvalue weighted by molar-refractivity contribution is 5.84. The fourth-order valence-corrected chi connectivity index (χ4v) is 3.55. The molecule has 1 aromatic rings. The molecule has 162 valence electrons. The number of anilines is 1. The average molecular weight is 406 g/mol. The topological polar surface area (TPSA) is 101 Å². The number of aliphatic carboxylic acids is 1. The van der Waals surface area contributed by atoms with E-state index in [-0.39, 0.29) is 11.8 Å². The van der Waals surface area contributed by atoms with Crippen LogP contribution in [0.25, 0.3) is 0 Å². The number of hydrogen-bond donors (Lipinski definition) is 3. The van der Waals surface area contributed by atoms with E-state index in [0.29, 0.717) is 26.1 Å². The van der Waals surface area contributed by atoms with Gasteiger partial charge in [0, 0.05) is 31.2 Å². The minimum absolute atomic E-state index is 0.118. The lowest BCUT2D eigenvalue weighted by atomic mass is 10.0. The summed E-state index contributed by atoms with van der Waals surface area (Å²) in [5.41, 5.74) is 2.30. The maximum absolute atomic E-state index is 12.1. The molecule has 1 atom stereocenters. The van der Waals surface area contributed by atoms with Gasteiger partial charge < -0.3 is 20.5 Å². The smallest absolute Gasteiger partial charge is 0.326 e. The van der Waals surface area contributed by atoms with Gasteiger partial charge in [0.1, 0.15) is 11.9 Å². The van der Waals surface area contributed by atoms with Crippen molar-refractivity contribution in [2.24, 2.45) is 5.92 Å². The van der Waals surface area contributed by atoms with E-state index in [1.165, 1.54) is 5.56 Å². The molecule has 0 fully saturated rings. The number of nitrogens with zero attached hydrogens (tertiary/aromatic N) is 1. The maximum atomic E-state index is 12.1. The maximum Gasteiger partial charge on any atom is 0.326 e. The summed E-state index contributed by atoms with van der Waals surface area (Å²) in [6.45, 7) is 6.04. The quantitative estimate of drug-likeness (QED) is 0.436. The predicted molar refractivity (Wildman–Crippen MR) is 113 cm³/mol. The third kappa shape index (κ3) is 7.65. The number of aryl methyl sites for hydroxylation is 1. The molecule has 2 rings (SSSR count). The first-order valence-corrected chi connectivity index (χ1v) is 10.9. The summed E-state index contributed by atoms with van der Waals surface area (Å²) in [4.78, 5) is 28.2. The van der Waals surface area contributed by atoms with Crippen molar-refractivity contribution in [1.82, 2.24) is 10.3 Å². The number of carboxylic acids is 1. The van der Waals surface area contributed by atoms with Crippen LogP contribution in [-0.4, -0.2) is 47.8 Å². The van der Waals surface area contributed by atoms with Crippen molar-refractivity contribution in [3.63, 3.8) is 0 Å². The Hall–Kier alpha value is -2.15. The molecule has 29 heavy (non-hydrogen) atoms. The largest absolute Gasteiger partial charge is 0.480 e. The van der Waals surface area contributed by atoms with Gasteiger partial charge in [-0.05, 0) is 56.6 Å². The number of aromatic nitrogens is 1. The Morgan fingerprint density at radius 1 is 1.24 bits per heavy atom. The van der Waals surface area contributed by atoms with E-state index in [2.05, 4.69) is 27.8 Å². The van der Waals surface area contributed by atoms with Gasteiger partial charge in [-0.1, -0.05) is 19.9 Å². The highest BCUT2D eigenvalue weighted by atomic mass is 16.5. The fraction of sp³-hybridized carbons (Fsp3) is 0.682. The van der Waals surface area contributed by atoms with Crippen LogP contribution in [0.2, 0.25) is 0 Å². The van der Waals surface area contributed by atoms with E-state index in [0.717, 1.165) is 56.6 Å². The van der Waals surface area contributed by atoms with E-state index in [1.54, 1.807) is 0 Å². The van der Waals surface area contributed by atoms with Crippen molar-refractivity contribution in [1.29, 1.82) is 0 Å². The van der Waals surface area contributed by atoms with Crippen molar-refractivity contribution in [3.8, 4) is 0 Å². The predicted octanol–water partition coefficient (Wildman–Crippen LogP) is 3.17. The highest BCUT2D eigenvalue weighted by Gasteiger charge is 2.23. The molecule has 1 aliphatic rings. The van der Waals surface area contributed by atoms with Crippen molar-refractivity contribution < 1.29 is 19.4 Å². The summed E-state index contributed by atoms with van der Waals surface area (Å²) in [6.07, 6.45) is 6.32. The lowest BCUT2D eigenvalue weighted by molar-refractivity contribution is -0.142. The highest BCUT2D eigenvalue weighted by Crippen LogP contribution is 2.19. The number of unbranched alkanes of at least 4 members (excludes halogenated alkanes) is 1. The number of carboxylic acid groups (broad SMARTS) is 1. The second-order valence-corrected chi connectivity index (χ2v) is 7.61. The minimum Gasteiger partial charge on any atom is -0.480 e. The van der Waals surface area contributed by atoms with Crippen LogP contribution in [0.1, 0.15) is 63.6 Å². The normalized spacial score (nSPS) is 14.2. The number of ether oxygens (including phenoxy) is 1. The SMILES string of the molecule is CCC(CC)C(=O)NC(CCCCOCCc1ccc2c(n1)NCCC2)C(=O)O. The second kappa shape index (κ2) is 12.4. The van der Waals surface area contributed by atoms with Gasteiger partial charge in [-0.2, -0.15) is 0 Å². The number of pyridine rings is 1. The van der Waals surface area contributed by atoms with Crippen molar-refractivity contribution in [2.45, 2.75) is 71.3 Å². The first-order valence-electron chi connectivity index (χ1n) is 10.9. The number of carbonyl (C=O) groups is 2. The molecule has 1 unspecified atom stereocenters. The van der Waals surface area contributed by atoms with E-state index in [1.807, 2.05) is 13.8 Å². The Bertz CT molecular complexity index is 661. The number of hydrogen-bond acceptors (Lipinski definition) is 5. The molecule has 0 bridgehead atoms. The van der Waals surface area contributed by atoms with Crippen LogP contribution in [0.4, 0.5) is 5.82 Å². The molecule has 0 radical (unpaired) electrons. The summed E-state index contributed by atoms with van der Waals surface area (Å²) in [5, 5.41) is 15.4. The third-order valence-corrected chi connectivity index (χ3v) is 5.46. The monoisotopic (exact) mass is 405 g/mol. The standard InChI is InChI=1S/C22H35N3O4/c1-3-16(4-2)21(26)25-19(22(27)28)9-5-6-14-29-15-12-18-11-10-17-8-7-13-23-20(17)24-18/h10-11,16,19H,3-9,12-15H2,1-2H3,(H,23,24)(H,25,26)(H,27,28). The first kappa shape index (κ1) is 23.1. The van der Waals surface area contributed by atoms with Gasteiger partial charge in [-0.3, -0.25) is 4.79 Å². The Labute approximate surface area is 173 Å². The molecule has 1 aromatic heterocycles. The third-order valence-electron chi connectivity index (χ3n) is 5.46. The van der Waals surface area contributed by atoms with Crippen LogP contribution in [0.5, 0.6) is 0 Å². The molecule has 1 aliphatic heterocycles. The van der Waals surface area contributed by atoms with Gasteiger partial charge in [0.15, 0.2) is 0 Å². The van der Waals surface area contributed by atoms with Gasteiger partial charge in [0.2, 0.25) is 5.91 Å². The minimum atomic E-state index is -0.975. The van der Waals surface area contributed by atoms with Crippen molar-refractivity contribution in [3.05, 3.63) is 23.4 Å². The average Bonchev–Trinajstić information content (AvgIpc) is 2.72. The van der Waals surface area contributed by atoms with Crippen LogP contribution in [0.15, 0.2) is 12.1 Å². The summed E-state index contributed by atoms with van der Waals surface area (Å²) < 4.78 is 5.68. The molecule has 0 spiro atoms. The summed E-state index contributed by atoms with van der Waals surface area (Å²) >= 11 is 0. The zero-order chi connectivity index (χ0) is 21.1. The van der Waals surface area contributed by atoms with Crippen LogP contribution >= 0.6 is 0 Å². The zero-order valence-corrected chi connectivity index (χ0v) is 17.7. The molecule has 0 aromatic carbocycles. The number of amides is 1. The molecular weight excluding hydrogens is 370 g/mol. The van der Waals surface area contributed by atoms with Crippen LogP contribution in [0, 0.1) is 5.92 Å². The summed E-state index contributed by atoms with van der Waals surface area (Å²) in [5.74, 6) is -0.250. The Balaban J connectivity index is 1.61. The molecule has 3 N–H and O–H groups in total. The van der Waals surface area contributed by atoms with Gasteiger partial charge >= 0.3 is 5.97 Å². The number of rotatable bonds is 13. The van der Waals surface area contributed by atoms with E-state index in [9.17, 15) is 14.7 Å². The Kier molecular flexibility index (Phi) is 9.91. The molecule has 1 amide bonds. The molecule has 0 saturated heterocycles. The van der Waals surface area contributed by atoms with E-state index >= 15 is 0 Å². The molecule has 0 saturated carbocycles. The lowest BCUT2D eigenvalue weighted by Crippen LogP contribution is -2.43. The number of carbonyl (C=O) groups excluding carboxylic acids is 1. The number of fused-ring (bicyclic) bond motifs is 1. The molecular formula is C22H35N3O4. The Morgan fingerprint density at radius 3 is 2.76 bits per heavy atom. The van der Waals surface area contributed by atoms with Gasteiger partial charge in [0.05, 0.1) is 6.61 Å². The Morgan fingerprint density at radius 2 is 2.03 bits per heavy atom. The molecule has 7 nitrogen and oxygen atoms in total. The first-order chi connectivity index (χ1) is 14.0. The lowest BCUT2D eigenvalue weighted by Gasteiger charge is -2.18. The van der Waals surface area contributed by atoms with E-state index in [4.69, 9.17) is 4.74 Å². The summed E-state index contributed by atoms with van der Waals surface area (Å²) in [6, 6.07) is 3.39. The van der Waals surface area contributed by atoms with Crippen LogP contribution in [0.3, 0.4) is 0 Å². The van der Waals surface area contributed by atoms with Crippen molar-refractivity contribution in [2.75, 3.05) is 25.1 Å². The van der Waals surface area contributed by atoms with Crippen molar-refractivity contribution >= 4 is 17.7 Å². The van der Waals surface area contributed by atoms with Gasteiger partial charge in [-0.25, -0.2) is 9.78 Å². The van der Waals surface area contributed by atoms with Crippen LogP contribution in [-0.2, 0) is 27.2 Å². The van der Waals surface area contributed by atoms with E-state index < -0.39 is 12.0 Å². The van der Waals surface area contributed by atoms with Crippen LogP contribution < -0.4 is 10.6 Å². The molecule has 7 heteroatoms. The fourth-order valence-electron chi connectivity index (χ4n) is 3.55. The number of nitrogens with one attached hydrogen (secondary N) is 2. The summed E-state index contributed by atoms with van der Waals surface area (Å²) in [7, 11) is 0. The molecule has 0 aliphatic carbocycles.